The highest BCUT2D eigenvalue weighted by molar-refractivity contribution is 5.72. The number of pyridine rings is 1. The van der Waals surface area contributed by atoms with Crippen LogP contribution in [0.25, 0.3) is 11.3 Å². The van der Waals surface area contributed by atoms with E-state index in [4.69, 9.17) is 4.98 Å². The van der Waals surface area contributed by atoms with Crippen LogP contribution in [-0.2, 0) is 17.6 Å². The molecular formula is C28H27N5O2. The summed E-state index contributed by atoms with van der Waals surface area (Å²) in [5, 5.41) is 12.7. The van der Waals surface area contributed by atoms with Crippen LogP contribution in [-0.4, -0.2) is 38.6 Å². The molecule has 7 nitrogen and oxygen atoms in total. The van der Waals surface area contributed by atoms with Gasteiger partial charge in [0.25, 0.3) is 0 Å². The maximum Gasteiger partial charge on any atom is 0.305 e. The van der Waals surface area contributed by atoms with Gasteiger partial charge >= 0.3 is 5.97 Å². The molecule has 0 saturated heterocycles. The molecule has 0 radical (unpaired) electrons. The molecule has 7 heteroatoms. The lowest BCUT2D eigenvalue weighted by atomic mass is 10.0. The summed E-state index contributed by atoms with van der Waals surface area (Å²) in [4.78, 5) is 27.5. The molecule has 0 spiro atoms. The molecule has 0 aliphatic carbocycles. The zero-order chi connectivity index (χ0) is 24.0. The van der Waals surface area contributed by atoms with Gasteiger partial charge in [-0.25, -0.2) is 4.98 Å². The molecule has 2 N–H and O–H groups in total. The van der Waals surface area contributed by atoms with Gasteiger partial charge in [0.2, 0.25) is 5.95 Å². The second kappa shape index (κ2) is 10.3. The Balaban J connectivity index is 1.41. The molecule has 3 heterocycles. The van der Waals surface area contributed by atoms with E-state index >= 15 is 0 Å². The van der Waals surface area contributed by atoms with Gasteiger partial charge in [0.15, 0.2) is 0 Å². The van der Waals surface area contributed by atoms with Crippen LogP contribution in [0.1, 0.15) is 24.0 Å². The van der Waals surface area contributed by atoms with Crippen LogP contribution in [0.4, 0.5) is 17.5 Å². The molecule has 0 bridgehead atoms. The number of carbonyl (C=O) groups is 1. The molecular weight excluding hydrogens is 438 g/mol. The van der Waals surface area contributed by atoms with Crippen LogP contribution < -0.4 is 10.2 Å². The first-order valence-corrected chi connectivity index (χ1v) is 11.8. The van der Waals surface area contributed by atoms with Crippen LogP contribution in [0.5, 0.6) is 0 Å². The molecule has 35 heavy (non-hydrogen) atoms. The standard InChI is InChI=1S/C28H27N5O2/c34-27(35)17-23(16-20-8-3-1-4-9-20)31-28-29-14-13-26(32-28)33-15-7-12-22-19-30-24(18-25(22)33)21-10-5-2-6-11-21/h1-6,8-11,13-14,18-19,23H,7,12,15-17H2,(H,34,35)(H,29,31,32). The van der Waals surface area contributed by atoms with E-state index in [9.17, 15) is 9.90 Å². The van der Waals surface area contributed by atoms with Crippen molar-refractivity contribution in [2.24, 2.45) is 0 Å². The minimum absolute atomic E-state index is 0.0267. The number of carboxylic acid groups (broad SMARTS) is 1. The number of benzene rings is 2. The van der Waals surface area contributed by atoms with Gasteiger partial charge in [-0.2, -0.15) is 4.98 Å². The predicted molar refractivity (Wildman–Crippen MR) is 137 cm³/mol. The summed E-state index contributed by atoms with van der Waals surface area (Å²) in [6.07, 6.45) is 6.20. The second-order valence-electron chi connectivity index (χ2n) is 8.69. The average molecular weight is 466 g/mol. The summed E-state index contributed by atoms with van der Waals surface area (Å²) in [5.41, 5.74) is 5.35. The van der Waals surface area contributed by atoms with Crippen molar-refractivity contribution in [1.82, 2.24) is 15.0 Å². The fourth-order valence-electron chi connectivity index (χ4n) is 4.51. The van der Waals surface area contributed by atoms with Gasteiger partial charge in [0.1, 0.15) is 5.82 Å². The van der Waals surface area contributed by atoms with Gasteiger partial charge in [-0.15, -0.1) is 0 Å². The summed E-state index contributed by atoms with van der Waals surface area (Å²) in [6.45, 7) is 0.838. The average Bonchev–Trinajstić information content (AvgIpc) is 2.89. The number of aryl methyl sites for hydroxylation is 1. The van der Waals surface area contributed by atoms with Crippen molar-refractivity contribution in [3.8, 4) is 11.3 Å². The Morgan fingerprint density at radius 2 is 1.80 bits per heavy atom. The molecule has 0 amide bonds. The number of hydrogen-bond donors (Lipinski definition) is 2. The number of nitrogens with zero attached hydrogens (tertiary/aromatic N) is 4. The lowest BCUT2D eigenvalue weighted by Crippen LogP contribution is -2.28. The van der Waals surface area contributed by atoms with Crippen LogP contribution in [0.15, 0.2) is 85.2 Å². The van der Waals surface area contributed by atoms with Crippen molar-refractivity contribution >= 4 is 23.4 Å². The molecule has 2 aromatic heterocycles. The third kappa shape index (κ3) is 5.46. The molecule has 0 fully saturated rings. The molecule has 176 valence electrons. The number of aliphatic carboxylic acids is 1. The Labute approximate surface area is 204 Å². The zero-order valence-corrected chi connectivity index (χ0v) is 19.3. The largest absolute Gasteiger partial charge is 0.481 e. The minimum atomic E-state index is -0.861. The zero-order valence-electron chi connectivity index (χ0n) is 19.3. The van der Waals surface area contributed by atoms with Gasteiger partial charge in [0, 0.05) is 36.2 Å². The quantitative estimate of drug-likeness (QED) is 0.373. The number of aromatic nitrogens is 3. The Morgan fingerprint density at radius 1 is 1.03 bits per heavy atom. The molecule has 2 aromatic carbocycles. The molecule has 1 unspecified atom stereocenters. The van der Waals surface area contributed by atoms with Crippen molar-refractivity contribution in [1.29, 1.82) is 0 Å². The normalized spacial score (nSPS) is 13.7. The van der Waals surface area contributed by atoms with Crippen LogP contribution in [0.2, 0.25) is 0 Å². The number of nitrogens with one attached hydrogen (secondary N) is 1. The number of carboxylic acids is 1. The van der Waals surface area contributed by atoms with Gasteiger partial charge in [0.05, 0.1) is 12.1 Å². The second-order valence-corrected chi connectivity index (χ2v) is 8.69. The fraction of sp³-hybridized carbons (Fsp3) is 0.214. The Bertz CT molecular complexity index is 1300. The maximum atomic E-state index is 11.5. The van der Waals surface area contributed by atoms with Crippen LogP contribution in [0, 0.1) is 0 Å². The topological polar surface area (TPSA) is 91.2 Å². The van der Waals surface area contributed by atoms with Gasteiger partial charge in [-0.1, -0.05) is 60.7 Å². The maximum absolute atomic E-state index is 11.5. The first-order chi connectivity index (χ1) is 17.2. The van der Waals surface area contributed by atoms with Crippen molar-refractivity contribution in [3.05, 3.63) is 96.3 Å². The first kappa shape index (κ1) is 22.5. The minimum Gasteiger partial charge on any atom is -0.481 e. The summed E-state index contributed by atoms with van der Waals surface area (Å²) in [6, 6.07) is 23.7. The number of hydrogen-bond acceptors (Lipinski definition) is 6. The van der Waals surface area contributed by atoms with Crippen molar-refractivity contribution in [3.63, 3.8) is 0 Å². The Kier molecular flexibility index (Phi) is 6.66. The molecule has 1 aliphatic heterocycles. The van der Waals surface area contributed by atoms with E-state index < -0.39 is 5.97 Å². The van der Waals surface area contributed by atoms with Crippen LogP contribution >= 0.6 is 0 Å². The number of rotatable bonds is 8. The summed E-state index contributed by atoms with van der Waals surface area (Å²) < 4.78 is 0. The molecule has 1 aliphatic rings. The Hall–Kier alpha value is -4.26. The predicted octanol–water partition coefficient (Wildman–Crippen LogP) is 5.12. The highest BCUT2D eigenvalue weighted by atomic mass is 16.4. The summed E-state index contributed by atoms with van der Waals surface area (Å²) in [5.74, 6) is 0.345. The van der Waals surface area contributed by atoms with E-state index in [2.05, 4.69) is 38.4 Å². The highest BCUT2D eigenvalue weighted by Crippen LogP contribution is 2.35. The molecule has 4 aromatic rings. The van der Waals surface area contributed by atoms with E-state index in [0.717, 1.165) is 47.7 Å². The van der Waals surface area contributed by atoms with Crippen molar-refractivity contribution < 1.29 is 9.90 Å². The van der Waals surface area contributed by atoms with Gasteiger partial charge in [-0.05, 0) is 42.5 Å². The van der Waals surface area contributed by atoms with Crippen molar-refractivity contribution in [2.45, 2.75) is 31.7 Å². The Morgan fingerprint density at radius 3 is 2.57 bits per heavy atom. The lowest BCUT2D eigenvalue weighted by Gasteiger charge is -2.31. The van der Waals surface area contributed by atoms with E-state index in [0.29, 0.717) is 12.4 Å². The summed E-state index contributed by atoms with van der Waals surface area (Å²) >= 11 is 0. The molecule has 1 atom stereocenters. The number of anilines is 3. The third-order valence-electron chi connectivity index (χ3n) is 6.15. The van der Waals surface area contributed by atoms with Gasteiger partial charge in [-0.3, -0.25) is 9.78 Å². The fourth-order valence-corrected chi connectivity index (χ4v) is 4.51. The summed E-state index contributed by atoms with van der Waals surface area (Å²) in [7, 11) is 0. The first-order valence-electron chi connectivity index (χ1n) is 11.8. The van der Waals surface area contributed by atoms with Gasteiger partial charge < -0.3 is 15.3 Å². The van der Waals surface area contributed by atoms with Crippen molar-refractivity contribution in [2.75, 3.05) is 16.8 Å². The third-order valence-corrected chi connectivity index (χ3v) is 6.15. The van der Waals surface area contributed by atoms with E-state index in [1.165, 1.54) is 5.56 Å². The SMILES string of the molecule is O=C(O)CC(Cc1ccccc1)Nc1nccc(N2CCCc3cnc(-c4ccccc4)cc32)n1. The molecule has 0 saturated carbocycles. The lowest BCUT2D eigenvalue weighted by molar-refractivity contribution is -0.137. The highest BCUT2D eigenvalue weighted by Gasteiger charge is 2.22. The van der Waals surface area contributed by atoms with E-state index in [-0.39, 0.29) is 12.5 Å². The smallest absolute Gasteiger partial charge is 0.305 e. The number of fused-ring (bicyclic) bond motifs is 1. The molecule has 5 rings (SSSR count). The van der Waals surface area contributed by atoms with E-state index in [1.54, 1.807) is 6.20 Å². The van der Waals surface area contributed by atoms with E-state index in [1.807, 2.05) is 60.8 Å². The van der Waals surface area contributed by atoms with Crippen LogP contribution in [0.3, 0.4) is 0 Å². The monoisotopic (exact) mass is 465 g/mol.